The molecule has 158 valence electrons. The first-order chi connectivity index (χ1) is 13.7. The molecule has 4 N–H and O–H groups in total. The Morgan fingerprint density at radius 2 is 1.72 bits per heavy atom. The zero-order valence-corrected chi connectivity index (χ0v) is 19.1. The van der Waals surface area contributed by atoms with E-state index in [1.165, 1.54) is 6.07 Å². The summed E-state index contributed by atoms with van der Waals surface area (Å²) in [5, 5.41) is 18.9. The molecule has 0 aliphatic carbocycles. The van der Waals surface area contributed by atoms with Crippen LogP contribution in [0.4, 0.5) is 0 Å². The maximum Gasteiger partial charge on any atom is 0.255 e. The molecule has 7 nitrogen and oxygen atoms in total. The summed E-state index contributed by atoms with van der Waals surface area (Å²) in [5.74, 6) is 1.22. The second-order valence-electron chi connectivity index (χ2n) is 6.02. The summed E-state index contributed by atoms with van der Waals surface area (Å²) in [6, 6.07) is 14.4. The Hall–Kier alpha value is -2.49. The minimum Gasteiger partial charge on any atom is -0.507 e. The van der Waals surface area contributed by atoms with Crippen molar-refractivity contribution in [1.29, 1.82) is 0 Å². The van der Waals surface area contributed by atoms with Crippen LogP contribution in [-0.2, 0) is 6.42 Å². The van der Waals surface area contributed by atoms with Crippen LogP contribution >= 0.6 is 24.0 Å². The highest BCUT2D eigenvalue weighted by Gasteiger charge is 2.09. The summed E-state index contributed by atoms with van der Waals surface area (Å²) >= 11 is 0. The van der Waals surface area contributed by atoms with E-state index in [1.54, 1.807) is 25.3 Å². The van der Waals surface area contributed by atoms with Gasteiger partial charge in [0.1, 0.15) is 11.5 Å². The number of hydrogen-bond acceptors (Lipinski definition) is 4. The lowest BCUT2D eigenvalue weighted by Gasteiger charge is -2.12. The number of carbonyl (C=O) groups is 1. The number of phenolic OH excluding ortho intramolecular Hbond substituents is 1. The van der Waals surface area contributed by atoms with E-state index < -0.39 is 0 Å². The van der Waals surface area contributed by atoms with Crippen molar-refractivity contribution in [2.75, 3.05) is 33.3 Å². The number of carbonyl (C=O) groups excluding carboxylic acids is 1. The molecule has 0 saturated carbocycles. The molecule has 0 aromatic heterocycles. The number of aliphatic imine (C=N–C) groups is 1. The SMILES string of the molecule is CCNC(=NCCc1ccccc1OC)NCCNC(=O)c1ccccc1O.I. The van der Waals surface area contributed by atoms with E-state index in [0.29, 0.717) is 25.6 Å². The predicted octanol–water partition coefficient (Wildman–Crippen LogP) is 2.55. The topological polar surface area (TPSA) is 95.0 Å². The molecule has 0 radical (unpaired) electrons. The summed E-state index contributed by atoms with van der Waals surface area (Å²) < 4.78 is 5.36. The quantitative estimate of drug-likeness (QED) is 0.179. The molecular weight excluding hydrogens is 483 g/mol. The molecule has 0 unspecified atom stereocenters. The highest BCUT2D eigenvalue weighted by Crippen LogP contribution is 2.17. The van der Waals surface area contributed by atoms with Gasteiger partial charge in [-0.1, -0.05) is 30.3 Å². The van der Waals surface area contributed by atoms with Crippen LogP contribution in [0, 0.1) is 0 Å². The second-order valence-corrected chi connectivity index (χ2v) is 6.02. The van der Waals surface area contributed by atoms with Crippen molar-refractivity contribution in [3.05, 3.63) is 59.7 Å². The number of para-hydroxylation sites is 2. The fourth-order valence-corrected chi connectivity index (χ4v) is 2.66. The van der Waals surface area contributed by atoms with Crippen molar-refractivity contribution in [3.8, 4) is 11.5 Å². The Bertz CT molecular complexity index is 799. The molecule has 0 fully saturated rings. The monoisotopic (exact) mass is 512 g/mol. The Kier molecular flexibility index (Phi) is 11.6. The third kappa shape index (κ3) is 8.18. The number of nitrogens with zero attached hydrogens (tertiary/aromatic N) is 1. The Morgan fingerprint density at radius 3 is 2.45 bits per heavy atom. The number of amides is 1. The van der Waals surface area contributed by atoms with Crippen LogP contribution in [0.15, 0.2) is 53.5 Å². The normalized spacial score (nSPS) is 10.6. The first-order valence-corrected chi connectivity index (χ1v) is 9.36. The molecule has 2 rings (SSSR count). The van der Waals surface area contributed by atoms with E-state index in [-0.39, 0.29) is 41.2 Å². The predicted molar refractivity (Wildman–Crippen MR) is 127 cm³/mol. The summed E-state index contributed by atoms with van der Waals surface area (Å²) in [4.78, 5) is 16.6. The standard InChI is InChI=1S/C21H28N4O3.HI/c1-3-22-21(24-13-12-16-8-4-7-11-19(16)28-2)25-15-14-23-20(27)17-9-5-6-10-18(17)26;/h4-11,26H,3,12-15H2,1-2H3,(H,23,27)(H2,22,24,25);1H. The van der Waals surface area contributed by atoms with E-state index in [0.717, 1.165) is 24.3 Å². The van der Waals surface area contributed by atoms with E-state index in [4.69, 9.17) is 4.74 Å². The van der Waals surface area contributed by atoms with Crippen molar-refractivity contribution in [1.82, 2.24) is 16.0 Å². The number of ether oxygens (including phenoxy) is 1. The van der Waals surface area contributed by atoms with Gasteiger partial charge in [0.05, 0.1) is 12.7 Å². The second kappa shape index (κ2) is 13.6. The number of benzene rings is 2. The fraction of sp³-hybridized carbons (Fsp3) is 0.333. The number of nitrogens with one attached hydrogen (secondary N) is 3. The maximum atomic E-state index is 12.1. The minimum absolute atomic E-state index is 0. The third-order valence-corrected chi connectivity index (χ3v) is 4.04. The van der Waals surface area contributed by atoms with Gasteiger partial charge in [-0.15, -0.1) is 24.0 Å². The van der Waals surface area contributed by atoms with Gasteiger partial charge < -0.3 is 25.8 Å². The van der Waals surface area contributed by atoms with Gasteiger partial charge in [0.2, 0.25) is 0 Å². The number of aromatic hydroxyl groups is 1. The van der Waals surface area contributed by atoms with Gasteiger partial charge in [0, 0.05) is 26.2 Å². The van der Waals surface area contributed by atoms with Gasteiger partial charge in [0.15, 0.2) is 5.96 Å². The van der Waals surface area contributed by atoms with Gasteiger partial charge in [0.25, 0.3) is 5.91 Å². The fourth-order valence-electron chi connectivity index (χ4n) is 2.66. The molecule has 2 aromatic rings. The van der Waals surface area contributed by atoms with Crippen LogP contribution in [0.3, 0.4) is 0 Å². The van der Waals surface area contributed by atoms with Gasteiger partial charge in [-0.3, -0.25) is 9.79 Å². The Morgan fingerprint density at radius 1 is 1.03 bits per heavy atom. The summed E-state index contributed by atoms with van der Waals surface area (Å²) in [7, 11) is 1.66. The lowest BCUT2D eigenvalue weighted by Crippen LogP contribution is -2.41. The van der Waals surface area contributed by atoms with Crippen LogP contribution in [0.2, 0.25) is 0 Å². The molecule has 0 aliphatic rings. The van der Waals surface area contributed by atoms with Crippen molar-refractivity contribution >= 4 is 35.8 Å². The smallest absolute Gasteiger partial charge is 0.255 e. The average Bonchev–Trinajstić information content (AvgIpc) is 2.71. The molecule has 0 atom stereocenters. The maximum absolute atomic E-state index is 12.1. The summed E-state index contributed by atoms with van der Waals surface area (Å²) in [6.07, 6.45) is 0.768. The molecule has 0 aliphatic heterocycles. The zero-order chi connectivity index (χ0) is 20.2. The van der Waals surface area contributed by atoms with Crippen LogP contribution in [0.1, 0.15) is 22.8 Å². The summed E-state index contributed by atoms with van der Waals surface area (Å²) in [5.41, 5.74) is 1.37. The first kappa shape index (κ1) is 24.5. The largest absolute Gasteiger partial charge is 0.507 e. The minimum atomic E-state index is -0.307. The van der Waals surface area contributed by atoms with E-state index in [1.807, 2.05) is 31.2 Å². The van der Waals surface area contributed by atoms with Gasteiger partial charge >= 0.3 is 0 Å². The number of rotatable bonds is 9. The highest BCUT2D eigenvalue weighted by molar-refractivity contribution is 14.0. The zero-order valence-electron chi connectivity index (χ0n) is 16.8. The highest BCUT2D eigenvalue weighted by atomic mass is 127. The van der Waals surface area contributed by atoms with Crippen LogP contribution < -0.4 is 20.7 Å². The van der Waals surface area contributed by atoms with Crippen molar-refractivity contribution in [2.45, 2.75) is 13.3 Å². The number of halogens is 1. The van der Waals surface area contributed by atoms with E-state index in [2.05, 4.69) is 20.9 Å². The molecule has 8 heteroatoms. The van der Waals surface area contributed by atoms with Crippen LogP contribution in [0.5, 0.6) is 11.5 Å². The Balaban J connectivity index is 0.00000420. The average molecular weight is 512 g/mol. The van der Waals surface area contributed by atoms with Gasteiger partial charge in [-0.05, 0) is 37.1 Å². The third-order valence-electron chi connectivity index (χ3n) is 4.04. The van der Waals surface area contributed by atoms with Crippen molar-refractivity contribution in [2.24, 2.45) is 4.99 Å². The van der Waals surface area contributed by atoms with Gasteiger partial charge in [-0.2, -0.15) is 0 Å². The van der Waals surface area contributed by atoms with Crippen LogP contribution in [-0.4, -0.2) is 50.3 Å². The molecule has 29 heavy (non-hydrogen) atoms. The van der Waals surface area contributed by atoms with E-state index >= 15 is 0 Å². The molecule has 1 amide bonds. The Labute approximate surface area is 189 Å². The van der Waals surface area contributed by atoms with Crippen molar-refractivity contribution in [3.63, 3.8) is 0 Å². The first-order valence-electron chi connectivity index (χ1n) is 9.36. The number of phenols is 1. The van der Waals surface area contributed by atoms with Gasteiger partial charge in [-0.25, -0.2) is 0 Å². The number of guanidine groups is 1. The number of hydrogen-bond donors (Lipinski definition) is 4. The summed E-state index contributed by atoms with van der Waals surface area (Å²) in [6.45, 7) is 4.27. The number of methoxy groups -OCH3 is 1. The van der Waals surface area contributed by atoms with E-state index in [9.17, 15) is 9.90 Å². The molecule has 0 spiro atoms. The lowest BCUT2D eigenvalue weighted by atomic mass is 10.1. The van der Waals surface area contributed by atoms with Crippen molar-refractivity contribution < 1.29 is 14.6 Å². The molecular formula is C21H29IN4O3. The molecule has 0 saturated heterocycles. The molecule has 0 bridgehead atoms. The molecule has 0 heterocycles. The molecule has 2 aromatic carbocycles. The lowest BCUT2D eigenvalue weighted by molar-refractivity contribution is 0.0951. The van der Waals surface area contributed by atoms with Crippen LogP contribution in [0.25, 0.3) is 0 Å².